The summed E-state index contributed by atoms with van der Waals surface area (Å²) in [4.78, 5) is 17.6. The second kappa shape index (κ2) is 7.13. The molecule has 0 amide bonds. The van der Waals surface area contributed by atoms with Crippen LogP contribution < -0.4 is 0 Å². The van der Waals surface area contributed by atoms with Gasteiger partial charge < -0.3 is 9.84 Å². The molecular weight excluding hydrogens is 410 g/mol. The van der Waals surface area contributed by atoms with Gasteiger partial charge in [-0.25, -0.2) is 0 Å². The number of fused-ring (bicyclic) bond motifs is 4. The number of nitrogens with zero attached hydrogens (tertiary/aromatic N) is 1. The summed E-state index contributed by atoms with van der Waals surface area (Å²) in [6.07, 6.45) is 1.38. The lowest BCUT2D eigenvalue weighted by Gasteiger charge is -2.20. The minimum Gasteiger partial charge on any atom is -0.462 e. The number of pyridine rings is 1. The highest BCUT2D eigenvalue weighted by Gasteiger charge is 2.46. The summed E-state index contributed by atoms with van der Waals surface area (Å²) in [5.74, 6) is 0.989. The lowest BCUT2D eigenvalue weighted by molar-refractivity contribution is -0.149. The molecule has 2 aliphatic carbocycles. The average molecular weight is 438 g/mol. The quantitative estimate of drug-likeness (QED) is 0.401. The van der Waals surface area contributed by atoms with Gasteiger partial charge in [-0.1, -0.05) is 48.5 Å². The van der Waals surface area contributed by atoms with Crippen molar-refractivity contribution in [3.05, 3.63) is 77.0 Å². The molecule has 2 atom stereocenters. The molecule has 166 valence electrons. The van der Waals surface area contributed by atoms with Gasteiger partial charge >= 0.3 is 5.97 Å². The van der Waals surface area contributed by atoms with Gasteiger partial charge in [0.1, 0.15) is 6.61 Å². The number of carbonyl (C=O) groups excluding carboxylic acids is 1. The van der Waals surface area contributed by atoms with E-state index in [1.165, 1.54) is 28.3 Å². The van der Waals surface area contributed by atoms with Gasteiger partial charge in [0, 0.05) is 11.1 Å². The van der Waals surface area contributed by atoms with Gasteiger partial charge in [0.05, 0.1) is 17.5 Å². The normalized spacial score (nSPS) is 18.5. The van der Waals surface area contributed by atoms with Crippen molar-refractivity contribution in [1.82, 2.24) is 4.98 Å². The zero-order valence-corrected chi connectivity index (χ0v) is 19.2. The highest BCUT2D eigenvalue weighted by molar-refractivity contribution is 6.09. The van der Waals surface area contributed by atoms with E-state index in [9.17, 15) is 9.90 Å². The SMILES string of the molecule is Cc1nc2ccccc2c(-c2ccc3c4c(cccc24)C2CC32)c1CC(=O)OCC(C)(C)O. The topological polar surface area (TPSA) is 59.4 Å². The van der Waals surface area contributed by atoms with Crippen LogP contribution in [-0.2, 0) is 16.0 Å². The smallest absolute Gasteiger partial charge is 0.310 e. The highest BCUT2D eigenvalue weighted by Crippen LogP contribution is 2.63. The van der Waals surface area contributed by atoms with Gasteiger partial charge in [-0.05, 0) is 83.7 Å². The molecule has 1 heterocycles. The van der Waals surface area contributed by atoms with Gasteiger partial charge in [-0.2, -0.15) is 0 Å². The summed E-state index contributed by atoms with van der Waals surface area (Å²) in [6.45, 7) is 5.19. The molecule has 1 saturated carbocycles. The molecule has 0 aliphatic heterocycles. The Bertz CT molecular complexity index is 1430. The maximum Gasteiger partial charge on any atom is 0.310 e. The van der Waals surface area contributed by atoms with Gasteiger partial charge in [-0.15, -0.1) is 0 Å². The van der Waals surface area contributed by atoms with Crippen LogP contribution in [0.5, 0.6) is 0 Å². The molecular formula is C29H27NO3. The largest absolute Gasteiger partial charge is 0.462 e. The van der Waals surface area contributed by atoms with Crippen molar-refractivity contribution in [1.29, 1.82) is 0 Å². The van der Waals surface area contributed by atoms with E-state index in [4.69, 9.17) is 9.72 Å². The third-order valence-corrected chi connectivity index (χ3v) is 7.07. The van der Waals surface area contributed by atoms with Crippen LogP contribution in [0.15, 0.2) is 54.6 Å². The van der Waals surface area contributed by atoms with E-state index in [-0.39, 0.29) is 19.0 Å². The van der Waals surface area contributed by atoms with Gasteiger partial charge in [0.25, 0.3) is 0 Å². The van der Waals surface area contributed by atoms with Gasteiger partial charge in [0.2, 0.25) is 0 Å². The molecule has 0 saturated heterocycles. The fourth-order valence-electron chi connectivity index (χ4n) is 5.53. The van der Waals surface area contributed by atoms with E-state index < -0.39 is 5.60 Å². The number of aromatic nitrogens is 1. The zero-order valence-electron chi connectivity index (χ0n) is 19.2. The average Bonchev–Trinajstić information content (AvgIpc) is 3.51. The molecule has 6 rings (SSSR count). The second-order valence-electron chi connectivity index (χ2n) is 10.1. The van der Waals surface area contributed by atoms with Crippen LogP contribution in [0.2, 0.25) is 0 Å². The number of hydrogen-bond acceptors (Lipinski definition) is 4. The van der Waals surface area contributed by atoms with Crippen molar-refractivity contribution in [2.24, 2.45) is 0 Å². The van der Waals surface area contributed by atoms with Crippen molar-refractivity contribution in [3.63, 3.8) is 0 Å². The number of ether oxygens (including phenoxy) is 1. The van der Waals surface area contributed by atoms with Crippen LogP contribution in [0.25, 0.3) is 32.8 Å². The summed E-state index contributed by atoms with van der Waals surface area (Å²) in [6, 6.07) is 19.3. The third kappa shape index (κ3) is 3.32. The second-order valence-corrected chi connectivity index (χ2v) is 10.1. The van der Waals surface area contributed by atoms with Crippen molar-refractivity contribution in [3.8, 4) is 11.1 Å². The molecule has 2 unspecified atom stereocenters. The summed E-state index contributed by atoms with van der Waals surface area (Å²) in [5, 5.41) is 13.7. The van der Waals surface area contributed by atoms with Gasteiger partial charge in [0.15, 0.2) is 0 Å². The number of carbonyl (C=O) groups is 1. The molecule has 1 fully saturated rings. The standard InChI is InChI=1S/C29H27NO3/c1-16-22(14-26(31)33-15-29(2,3)32)28(21-7-4-5-10-25(21)30-16)19-11-12-20-24-13-23(24)18-9-6-8-17(19)27(18)20/h4-12,23-24,32H,13-15H2,1-3H3. The van der Waals surface area contributed by atoms with Crippen LogP contribution in [0.3, 0.4) is 0 Å². The molecule has 0 bridgehead atoms. The molecule has 1 N–H and O–H groups in total. The fourth-order valence-corrected chi connectivity index (χ4v) is 5.53. The Morgan fingerprint density at radius 2 is 1.76 bits per heavy atom. The Morgan fingerprint density at radius 3 is 2.55 bits per heavy atom. The maximum absolute atomic E-state index is 12.8. The van der Waals surface area contributed by atoms with E-state index in [1.807, 2.05) is 25.1 Å². The number of aliphatic hydroxyl groups is 1. The molecule has 3 aromatic carbocycles. The molecule has 33 heavy (non-hydrogen) atoms. The number of esters is 1. The van der Waals surface area contributed by atoms with E-state index in [0.29, 0.717) is 11.8 Å². The lowest BCUT2D eigenvalue weighted by atomic mass is 9.87. The van der Waals surface area contributed by atoms with E-state index >= 15 is 0 Å². The Hall–Kier alpha value is -3.24. The van der Waals surface area contributed by atoms with Crippen molar-refractivity contribution < 1.29 is 14.6 Å². The molecule has 4 nitrogen and oxygen atoms in total. The molecule has 4 heteroatoms. The van der Waals surface area contributed by atoms with Crippen LogP contribution in [0, 0.1) is 6.92 Å². The summed E-state index contributed by atoms with van der Waals surface area (Å²) in [7, 11) is 0. The fraction of sp³-hybridized carbons (Fsp3) is 0.310. The van der Waals surface area contributed by atoms with E-state index in [1.54, 1.807) is 13.8 Å². The number of benzene rings is 3. The van der Waals surface area contributed by atoms with E-state index in [2.05, 4.69) is 36.4 Å². The highest BCUT2D eigenvalue weighted by atomic mass is 16.5. The predicted octanol–water partition coefficient (Wildman–Crippen LogP) is 5.80. The molecule has 0 radical (unpaired) electrons. The minimum atomic E-state index is -1.06. The first-order valence-corrected chi connectivity index (χ1v) is 11.6. The lowest BCUT2D eigenvalue weighted by Crippen LogP contribution is -2.28. The molecule has 2 aliphatic rings. The summed E-state index contributed by atoms with van der Waals surface area (Å²) < 4.78 is 5.41. The first kappa shape index (κ1) is 20.4. The first-order chi connectivity index (χ1) is 15.8. The van der Waals surface area contributed by atoms with Crippen molar-refractivity contribution in [2.45, 2.75) is 51.0 Å². The molecule has 0 spiro atoms. The Morgan fingerprint density at radius 1 is 1.03 bits per heavy atom. The minimum absolute atomic E-state index is 0.0367. The zero-order chi connectivity index (χ0) is 22.9. The van der Waals surface area contributed by atoms with E-state index in [0.717, 1.165) is 33.3 Å². The van der Waals surface area contributed by atoms with Crippen molar-refractivity contribution >= 4 is 27.6 Å². The Kier molecular flexibility index (Phi) is 4.40. The number of aryl methyl sites for hydroxylation is 1. The monoisotopic (exact) mass is 437 g/mol. The van der Waals surface area contributed by atoms with Crippen LogP contribution in [-0.4, -0.2) is 28.3 Å². The summed E-state index contributed by atoms with van der Waals surface area (Å²) in [5.41, 5.74) is 6.71. The third-order valence-electron chi connectivity index (χ3n) is 7.07. The number of hydrogen-bond donors (Lipinski definition) is 1. The van der Waals surface area contributed by atoms with Gasteiger partial charge in [-0.3, -0.25) is 9.78 Å². The molecule has 4 aromatic rings. The van der Waals surface area contributed by atoms with Crippen LogP contribution in [0.1, 0.15) is 54.5 Å². The van der Waals surface area contributed by atoms with Crippen molar-refractivity contribution in [2.75, 3.05) is 6.61 Å². The summed E-state index contributed by atoms with van der Waals surface area (Å²) >= 11 is 0. The van der Waals surface area contributed by atoms with Crippen LogP contribution >= 0.6 is 0 Å². The Labute approximate surface area is 193 Å². The predicted molar refractivity (Wildman–Crippen MR) is 130 cm³/mol. The maximum atomic E-state index is 12.8. The number of rotatable bonds is 5. The Balaban J connectivity index is 1.55. The molecule has 1 aromatic heterocycles. The van der Waals surface area contributed by atoms with Crippen LogP contribution in [0.4, 0.5) is 0 Å². The number of para-hydroxylation sites is 1. The first-order valence-electron chi connectivity index (χ1n) is 11.6.